The van der Waals surface area contributed by atoms with Crippen LogP contribution in [0.15, 0.2) is 0 Å². The van der Waals surface area contributed by atoms with E-state index >= 15 is 0 Å². The lowest BCUT2D eigenvalue weighted by atomic mass is 10.1. The number of carbonyl (C=O) groups excluding carboxylic acids is 1. The van der Waals surface area contributed by atoms with E-state index in [1.807, 2.05) is 13.8 Å². The smallest absolute Gasteiger partial charge is 0.234 e. The topological polar surface area (TPSA) is 61.4 Å². The van der Waals surface area contributed by atoms with Gasteiger partial charge in [-0.1, -0.05) is 20.3 Å². The van der Waals surface area contributed by atoms with Crippen LogP contribution in [0.25, 0.3) is 0 Å². The van der Waals surface area contributed by atoms with Crippen molar-refractivity contribution in [2.45, 2.75) is 52.5 Å². The minimum absolute atomic E-state index is 0.0705. The van der Waals surface area contributed by atoms with Crippen molar-refractivity contribution < 1.29 is 9.90 Å². The molecule has 2 atom stereocenters. The Morgan fingerprint density at radius 3 is 2.59 bits per heavy atom. The largest absolute Gasteiger partial charge is 0.396 e. The number of hydrogen-bond donors (Lipinski definition) is 3. The standard InChI is InChI=1S/C13H28N2O2/c1-4-6-12(3)15-13(17)9-14-8-5-7-11(2)10-16/h11-12,14,16H,4-10H2,1-3H3,(H,15,17). The summed E-state index contributed by atoms with van der Waals surface area (Å²) < 4.78 is 0. The van der Waals surface area contributed by atoms with Crippen LogP contribution in [0.5, 0.6) is 0 Å². The van der Waals surface area contributed by atoms with Crippen LogP contribution in [0.2, 0.25) is 0 Å². The highest BCUT2D eigenvalue weighted by molar-refractivity contribution is 5.78. The fourth-order valence-corrected chi connectivity index (χ4v) is 1.70. The zero-order chi connectivity index (χ0) is 13.1. The first-order valence-corrected chi connectivity index (χ1v) is 6.71. The zero-order valence-corrected chi connectivity index (χ0v) is 11.5. The van der Waals surface area contributed by atoms with Crippen LogP contribution in [0.3, 0.4) is 0 Å². The molecular formula is C13H28N2O2. The molecule has 0 spiro atoms. The second-order valence-corrected chi connectivity index (χ2v) is 4.86. The Hall–Kier alpha value is -0.610. The van der Waals surface area contributed by atoms with E-state index in [0.29, 0.717) is 12.5 Å². The molecule has 0 rings (SSSR count). The Morgan fingerprint density at radius 2 is 2.00 bits per heavy atom. The lowest BCUT2D eigenvalue weighted by molar-refractivity contribution is -0.120. The Balaban J connectivity index is 3.39. The summed E-state index contributed by atoms with van der Waals surface area (Å²) in [4.78, 5) is 11.5. The lowest BCUT2D eigenvalue weighted by Crippen LogP contribution is -2.39. The quantitative estimate of drug-likeness (QED) is 0.507. The third-order valence-corrected chi connectivity index (χ3v) is 2.78. The van der Waals surface area contributed by atoms with Gasteiger partial charge in [-0.05, 0) is 38.6 Å². The van der Waals surface area contributed by atoms with E-state index in [1.54, 1.807) is 0 Å². The molecule has 0 aliphatic rings. The predicted octanol–water partition coefficient (Wildman–Crippen LogP) is 1.29. The summed E-state index contributed by atoms with van der Waals surface area (Å²) in [5, 5.41) is 14.9. The molecule has 0 aromatic carbocycles. The monoisotopic (exact) mass is 244 g/mol. The first-order valence-electron chi connectivity index (χ1n) is 6.71. The van der Waals surface area contributed by atoms with Crippen molar-refractivity contribution in [1.29, 1.82) is 0 Å². The van der Waals surface area contributed by atoms with E-state index < -0.39 is 0 Å². The summed E-state index contributed by atoms with van der Waals surface area (Å²) in [5.74, 6) is 0.427. The summed E-state index contributed by atoms with van der Waals surface area (Å²) in [6.45, 7) is 7.64. The minimum atomic E-state index is 0.0705. The van der Waals surface area contributed by atoms with Crippen molar-refractivity contribution in [2.75, 3.05) is 19.7 Å². The number of carbonyl (C=O) groups is 1. The van der Waals surface area contributed by atoms with Crippen LogP contribution >= 0.6 is 0 Å². The van der Waals surface area contributed by atoms with Gasteiger partial charge in [0, 0.05) is 12.6 Å². The molecule has 17 heavy (non-hydrogen) atoms. The van der Waals surface area contributed by atoms with Gasteiger partial charge in [0.15, 0.2) is 0 Å². The normalized spacial score (nSPS) is 14.4. The molecule has 4 nitrogen and oxygen atoms in total. The maximum Gasteiger partial charge on any atom is 0.234 e. The second kappa shape index (κ2) is 10.5. The van der Waals surface area contributed by atoms with E-state index in [2.05, 4.69) is 17.6 Å². The molecule has 0 fully saturated rings. The van der Waals surface area contributed by atoms with E-state index in [9.17, 15) is 4.79 Å². The van der Waals surface area contributed by atoms with E-state index in [0.717, 1.165) is 32.2 Å². The van der Waals surface area contributed by atoms with Crippen LogP contribution in [0, 0.1) is 5.92 Å². The van der Waals surface area contributed by atoms with Crippen molar-refractivity contribution in [2.24, 2.45) is 5.92 Å². The van der Waals surface area contributed by atoms with Gasteiger partial charge in [0.2, 0.25) is 5.91 Å². The molecule has 0 aliphatic carbocycles. The molecular weight excluding hydrogens is 216 g/mol. The fourth-order valence-electron chi connectivity index (χ4n) is 1.70. The van der Waals surface area contributed by atoms with Crippen LogP contribution in [-0.4, -0.2) is 36.8 Å². The summed E-state index contributed by atoms with van der Waals surface area (Å²) >= 11 is 0. The number of rotatable bonds is 10. The maximum atomic E-state index is 11.5. The molecule has 0 heterocycles. The SMILES string of the molecule is CCCC(C)NC(=O)CNCCCC(C)CO. The Labute approximate surface area is 105 Å². The molecule has 102 valence electrons. The van der Waals surface area contributed by atoms with Crippen molar-refractivity contribution in [3.8, 4) is 0 Å². The van der Waals surface area contributed by atoms with Gasteiger partial charge in [-0.2, -0.15) is 0 Å². The first kappa shape index (κ1) is 16.4. The van der Waals surface area contributed by atoms with E-state index in [4.69, 9.17) is 5.11 Å². The lowest BCUT2D eigenvalue weighted by Gasteiger charge is -2.13. The average Bonchev–Trinajstić information content (AvgIpc) is 2.28. The van der Waals surface area contributed by atoms with Crippen molar-refractivity contribution in [3.63, 3.8) is 0 Å². The molecule has 0 radical (unpaired) electrons. The number of amides is 1. The van der Waals surface area contributed by atoms with Gasteiger partial charge < -0.3 is 15.7 Å². The van der Waals surface area contributed by atoms with E-state index in [1.165, 1.54) is 0 Å². The second-order valence-electron chi connectivity index (χ2n) is 4.86. The summed E-state index contributed by atoms with van der Waals surface area (Å²) in [6, 6.07) is 0.267. The average molecular weight is 244 g/mol. The highest BCUT2D eigenvalue weighted by Crippen LogP contribution is 2.02. The van der Waals surface area contributed by atoms with Gasteiger partial charge >= 0.3 is 0 Å². The van der Waals surface area contributed by atoms with Crippen LogP contribution < -0.4 is 10.6 Å². The molecule has 3 N–H and O–H groups in total. The third kappa shape index (κ3) is 10.3. The van der Waals surface area contributed by atoms with Gasteiger partial charge in [-0.15, -0.1) is 0 Å². The molecule has 4 heteroatoms. The van der Waals surface area contributed by atoms with Crippen LogP contribution in [0.1, 0.15) is 46.5 Å². The predicted molar refractivity (Wildman–Crippen MR) is 70.9 cm³/mol. The zero-order valence-electron chi connectivity index (χ0n) is 11.5. The summed E-state index contributed by atoms with van der Waals surface area (Å²) in [6.07, 6.45) is 4.12. The molecule has 0 saturated carbocycles. The van der Waals surface area contributed by atoms with Crippen molar-refractivity contribution in [1.82, 2.24) is 10.6 Å². The molecule has 0 aromatic heterocycles. The molecule has 0 aliphatic heterocycles. The Morgan fingerprint density at radius 1 is 1.29 bits per heavy atom. The first-order chi connectivity index (χ1) is 8.10. The third-order valence-electron chi connectivity index (χ3n) is 2.78. The summed E-state index contributed by atoms with van der Waals surface area (Å²) in [7, 11) is 0. The fraction of sp³-hybridized carbons (Fsp3) is 0.923. The van der Waals surface area contributed by atoms with Crippen LogP contribution in [0.4, 0.5) is 0 Å². The van der Waals surface area contributed by atoms with Gasteiger partial charge in [0.25, 0.3) is 0 Å². The number of aliphatic hydroxyl groups is 1. The molecule has 2 unspecified atom stereocenters. The minimum Gasteiger partial charge on any atom is -0.396 e. The highest BCUT2D eigenvalue weighted by Gasteiger charge is 2.05. The molecule has 0 bridgehead atoms. The Kier molecular flexibility index (Phi) is 10.2. The van der Waals surface area contributed by atoms with Gasteiger partial charge in [0.1, 0.15) is 0 Å². The number of aliphatic hydroxyl groups excluding tert-OH is 1. The van der Waals surface area contributed by atoms with Crippen molar-refractivity contribution in [3.05, 3.63) is 0 Å². The molecule has 0 saturated heterocycles. The Bertz CT molecular complexity index is 198. The van der Waals surface area contributed by atoms with Gasteiger partial charge in [-0.3, -0.25) is 4.79 Å². The maximum absolute atomic E-state index is 11.5. The van der Waals surface area contributed by atoms with Gasteiger partial charge in [-0.25, -0.2) is 0 Å². The number of nitrogens with one attached hydrogen (secondary N) is 2. The van der Waals surface area contributed by atoms with Crippen molar-refractivity contribution >= 4 is 5.91 Å². The highest BCUT2D eigenvalue weighted by atomic mass is 16.3. The number of hydrogen-bond acceptors (Lipinski definition) is 3. The van der Waals surface area contributed by atoms with E-state index in [-0.39, 0.29) is 18.6 Å². The molecule has 0 aromatic rings. The van der Waals surface area contributed by atoms with Gasteiger partial charge in [0.05, 0.1) is 6.54 Å². The van der Waals surface area contributed by atoms with Crippen LogP contribution in [-0.2, 0) is 4.79 Å². The molecule has 1 amide bonds. The summed E-state index contributed by atoms with van der Waals surface area (Å²) in [5.41, 5.74) is 0.